The van der Waals surface area contributed by atoms with Gasteiger partial charge in [0.1, 0.15) is 5.75 Å². The maximum Gasteiger partial charge on any atom is 0.119 e. The first kappa shape index (κ1) is 11.6. The molecule has 0 aliphatic rings. The fraction of sp³-hybridized carbons (Fsp3) is 0.385. The van der Waals surface area contributed by atoms with E-state index in [0.29, 0.717) is 6.42 Å². The zero-order valence-corrected chi connectivity index (χ0v) is 9.16. The van der Waals surface area contributed by atoms with E-state index in [-0.39, 0.29) is 12.7 Å². The van der Waals surface area contributed by atoms with Crippen molar-refractivity contribution in [3.8, 4) is 17.6 Å². The second-order valence-electron chi connectivity index (χ2n) is 3.47. The standard InChI is InChI=1S/C13H16O2/c1-11(2)15-13-8-6-12(7-9-13)5-3-4-10-14/h6-9,11,14H,4,10H2,1-2H3. The Labute approximate surface area is 90.9 Å². The van der Waals surface area contributed by atoms with E-state index in [1.807, 2.05) is 38.1 Å². The summed E-state index contributed by atoms with van der Waals surface area (Å²) in [5.74, 6) is 6.69. The molecule has 0 saturated carbocycles. The molecule has 0 atom stereocenters. The van der Waals surface area contributed by atoms with E-state index in [1.165, 1.54) is 0 Å². The number of hydrogen-bond donors (Lipinski definition) is 1. The number of benzene rings is 1. The molecule has 0 aliphatic carbocycles. The molecule has 0 bridgehead atoms. The molecule has 0 heterocycles. The van der Waals surface area contributed by atoms with E-state index in [1.54, 1.807) is 0 Å². The van der Waals surface area contributed by atoms with Crippen LogP contribution in [0.25, 0.3) is 0 Å². The Balaban J connectivity index is 2.61. The summed E-state index contributed by atoms with van der Waals surface area (Å²) in [6, 6.07) is 7.65. The molecule has 1 rings (SSSR count). The van der Waals surface area contributed by atoms with Gasteiger partial charge in [0.05, 0.1) is 12.7 Å². The Hall–Kier alpha value is -1.46. The summed E-state index contributed by atoms with van der Waals surface area (Å²) in [6.07, 6.45) is 0.709. The van der Waals surface area contributed by atoms with Gasteiger partial charge in [0.25, 0.3) is 0 Å². The second-order valence-corrected chi connectivity index (χ2v) is 3.47. The summed E-state index contributed by atoms with van der Waals surface area (Å²) in [5, 5.41) is 8.57. The predicted octanol–water partition coefficient (Wildman–Crippen LogP) is 2.21. The summed E-state index contributed by atoms with van der Waals surface area (Å²) in [7, 11) is 0. The van der Waals surface area contributed by atoms with E-state index in [2.05, 4.69) is 11.8 Å². The molecule has 0 aliphatic heterocycles. The van der Waals surface area contributed by atoms with Crippen LogP contribution >= 0.6 is 0 Å². The molecule has 0 aromatic heterocycles. The Morgan fingerprint density at radius 1 is 1.27 bits per heavy atom. The van der Waals surface area contributed by atoms with Crippen molar-refractivity contribution in [3.05, 3.63) is 29.8 Å². The molecule has 1 N–H and O–H groups in total. The van der Waals surface area contributed by atoms with Crippen molar-refractivity contribution >= 4 is 0 Å². The first-order valence-electron chi connectivity index (χ1n) is 5.09. The molecule has 80 valence electrons. The lowest BCUT2D eigenvalue weighted by molar-refractivity contribution is 0.242. The highest BCUT2D eigenvalue weighted by molar-refractivity contribution is 5.38. The Morgan fingerprint density at radius 2 is 1.93 bits per heavy atom. The summed E-state index contributed by atoms with van der Waals surface area (Å²) in [6.45, 7) is 4.10. The van der Waals surface area contributed by atoms with Crippen LogP contribution in [-0.4, -0.2) is 17.8 Å². The minimum Gasteiger partial charge on any atom is -0.491 e. The lowest BCUT2D eigenvalue weighted by atomic mass is 10.2. The summed E-state index contributed by atoms with van der Waals surface area (Å²) in [4.78, 5) is 0. The van der Waals surface area contributed by atoms with Crippen molar-refractivity contribution in [2.75, 3.05) is 6.61 Å². The number of aliphatic hydroxyl groups excluding tert-OH is 1. The van der Waals surface area contributed by atoms with Gasteiger partial charge in [0.15, 0.2) is 0 Å². The fourth-order valence-corrected chi connectivity index (χ4v) is 1.11. The van der Waals surface area contributed by atoms with Crippen molar-refractivity contribution in [3.63, 3.8) is 0 Å². The largest absolute Gasteiger partial charge is 0.491 e. The highest BCUT2D eigenvalue weighted by atomic mass is 16.5. The van der Waals surface area contributed by atoms with Crippen LogP contribution in [0.1, 0.15) is 25.8 Å². The average molecular weight is 204 g/mol. The molecule has 15 heavy (non-hydrogen) atoms. The monoisotopic (exact) mass is 204 g/mol. The van der Waals surface area contributed by atoms with Crippen molar-refractivity contribution in [1.29, 1.82) is 0 Å². The molecule has 2 heteroatoms. The topological polar surface area (TPSA) is 29.5 Å². The van der Waals surface area contributed by atoms with Gasteiger partial charge in [-0.3, -0.25) is 0 Å². The number of aliphatic hydroxyl groups is 1. The van der Waals surface area contributed by atoms with Gasteiger partial charge in [-0.1, -0.05) is 11.8 Å². The van der Waals surface area contributed by atoms with Gasteiger partial charge in [-0.2, -0.15) is 0 Å². The third-order valence-electron chi connectivity index (χ3n) is 1.70. The molecule has 2 nitrogen and oxygen atoms in total. The molecule has 1 aromatic rings. The van der Waals surface area contributed by atoms with Crippen molar-refractivity contribution in [1.82, 2.24) is 0 Å². The van der Waals surface area contributed by atoms with Gasteiger partial charge in [-0.15, -0.1) is 0 Å². The first-order valence-corrected chi connectivity index (χ1v) is 5.09. The first-order chi connectivity index (χ1) is 7.22. The van der Waals surface area contributed by atoms with Gasteiger partial charge in [0, 0.05) is 12.0 Å². The van der Waals surface area contributed by atoms with Crippen molar-refractivity contribution < 1.29 is 9.84 Å². The second kappa shape index (κ2) is 6.10. The van der Waals surface area contributed by atoms with Crippen molar-refractivity contribution in [2.24, 2.45) is 0 Å². The SMILES string of the molecule is CC(C)Oc1ccc(C#CCCO)cc1. The van der Waals surface area contributed by atoms with Crippen LogP contribution in [0.4, 0.5) is 0 Å². The number of hydrogen-bond acceptors (Lipinski definition) is 2. The molecular formula is C13H16O2. The highest BCUT2D eigenvalue weighted by Crippen LogP contribution is 2.13. The summed E-state index contributed by atoms with van der Waals surface area (Å²) >= 11 is 0. The van der Waals surface area contributed by atoms with E-state index in [9.17, 15) is 0 Å². The maximum atomic E-state index is 8.57. The van der Waals surface area contributed by atoms with Crippen LogP contribution in [0.3, 0.4) is 0 Å². The summed E-state index contributed by atoms with van der Waals surface area (Å²) in [5.41, 5.74) is 0.944. The van der Waals surface area contributed by atoms with Gasteiger partial charge in [-0.05, 0) is 38.1 Å². The number of ether oxygens (including phenoxy) is 1. The van der Waals surface area contributed by atoms with Crippen LogP contribution in [0, 0.1) is 11.8 Å². The van der Waals surface area contributed by atoms with Crippen LogP contribution in [0.5, 0.6) is 5.75 Å². The molecule has 1 aromatic carbocycles. The van der Waals surface area contributed by atoms with E-state index in [0.717, 1.165) is 11.3 Å². The third kappa shape index (κ3) is 4.53. The minimum atomic E-state index is 0.113. The van der Waals surface area contributed by atoms with Crippen LogP contribution in [0.2, 0.25) is 0 Å². The molecule has 0 spiro atoms. The lowest BCUT2D eigenvalue weighted by Gasteiger charge is -2.08. The molecule has 0 saturated heterocycles. The predicted molar refractivity (Wildman–Crippen MR) is 60.8 cm³/mol. The maximum absolute atomic E-state index is 8.57. The average Bonchev–Trinajstić information content (AvgIpc) is 2.20. The molecule has 0 unspecified atom stereocenters. The zero-order valence-electron chi connectivity index (χ0n) is 9.16. The van der Waals surface area contributed by atoms with Gasteiger partial charge < -0.3 is 9.84 Å². The third-order valence-corrected chi connectivity index (χ3v) is 1.70. The quantitative estimate of drug-likeness (QED) is 0.765. The lowest BCUT2D eigenvalue weighted by Crippen LogP contribution is -2.05. The molecule has 0 radical (unpaired) electrons. The smallest absolute Gasteiger partial charge is 0.119 e. The van der Waals surface area contributed by atoms with Gasteiger partial charge in [-0.25, -0.2) is 0 Å². The molecular weight excluding hydrogens is 188 g/mol. The molecule has 0 amide bonds. The molecule has 0 fully saturated rings. The van der Waals surface area contributed by atoms with E-state index in [4.69, 9.17) is 9.84 Å². The highest BCUT2D eigenvalue weighted by Gasteiger charge is 1.95. The van der Waals surface area contributed by atoms with Gasteiger partial charge >= 0.3 is 0 Å². The van der Waals surface area contributed by atoms with Crippen LogP contribution in [0.15, 0.2) is 24.3 Å². The Kier molecular flexibility index (Phi) is 4.73. The van der Waals surface area contributed by atoms with Crippen LogP contribution in [-0.2, 0) is 0 Å². The number of rotatable bonds is 3. The van der Waals surface area contributed by atoms with Crippen LogP contribution < -0.4 is 4.74 Å². The zero-order chi connectivity index (χ0) is 11.1. The summed E-state index contributed by atoms with van der Waals surface area (Å²) < 4.78 is 5.51. The van der Waals surface area contributed by atoms with Gasteiger partial charge in [0.2, 0.25) is 0 Å². The Morgan fingerprint density at radius 3 is 2.47 bits per heavy atom. The Bertz CT molecular complexity index is 341. The fourth-order valence-electron chi connectivity index (χ4n) is 1.11. The minimum absolute atomic E-state index is 0.113. The normalized spacial score (nSPS) is 9.60. The van der Waals surface area contributed by atoms with E-state index >= 15 is 0 Å². The van der Waals surface area contributed by atoms with E-state index < -0.39 is 0 Å². The van der Waals surface area contributed by atoms with Crippen molar-refractivity contribution in [2.45, 2.75) is 26.4 Å².